The first-order chi connectivity index (χ1) is 11.6. The fourth-order valence-electron chi connectivity index (χ4n) is 3.05. The lowest BCUT2D eigenvalue weighted by atomic mass is 10.1. The first-order valence-electron chi connectivity index (χ1n) is 8.30. The molecular formula is C20H24N2O2. The van der Waals surface area contributed by atoms with Crippen molar-refractivity contribution in [3.8, 4) is 11.5 Å². The van der Waals surface area contributed by atoms with Gasteiger partial charge in [-0.3, -0.25) is 0 Å². The van der Waals surface area contributed by atoms with Crippen LogP contribution in [0.5, 0.6) is 11.5 Å². The summed E-state index contributed by atoms with van der Waals surface area (Å²) in [4.78, 5) is 4.80. The van der Waals surface area contributed by atoms with Crippen molar-refractivity contribution in [1.82, 2.24) is 9.55 Å². The molecular weight excluding hydrogens is 300 g/mol. The molecule has 4 nitrogen and oxygen atoms in total. The summed E-state index contributed by atoms with van der Waals surface area (Å²) in [5.74, 6) is 3.06. The van der Waals surface area contributed by atoms with Gasteiger partial charge >= 0.3 is 0 Å². The van der Waals surface area contributed by atoms with Crippen LogP contribution in [0.2, 0.25) is 0 Å². The highest BCUT2D eigenvalue weighted by Crippen LogP contribution is 2.28. The monoisotopic (exact) mass is 324 g/mol. The number of benzene rings is 2. The molecule has 0 atom stereocenters. The third-order valence-electron chi connectivity index (χ3n) is 4.27. The van der Waals surface area contributed by atoms with Gasteiger partial charge in [0.15, 0.2) is 11.5 Å². The van der Waals surface area contributed by atoms with Crippen molar-refractivity contribution < 1.29 is 9.47 Å². The van der Waals surface area contributed by atoms with Gasteiger partial charge in [-0.05, 0) is 36.2 Å². The number of fused-ring (bicyclic) bond motifs is 1. The van der Waals surface area contributed by atoms with Crippen LogP contribution in [0.3, 0.4) is 0 Å². The summed E-state index contributed by atoms with van der Waals surface area (Å²) in [6.07, 6.45) is 0.917. The highest BCUT2D eigenvalue weighted by molar-refractivity contribution is 5.76. The Hall–Kier alpha value is -2.49. The predicted molar refractivity (Wildman–Crippen MR) is 97.1 cm³/mol. The zero-order chi connectivity index (χ0) is 17.1. The Bertz CT molecular complexity index is 837. The molecule has 0 aliphatic heterocycles. The van der Waals surface area contributed by atoms with Crippen LogP contribution in [-0.4, -0.2) is 23.8 Å². The maximum absolute atomic E-state index is 5.40. The first kappa shape index (κ1) is 16.4. The fraction of sp³-hybridized carbons (Fsp3) is 0.350. The van der Waals surface area contributed by atoms with E-state index in [2.05, 4.69) is 42.7 Å². The first-order valence-corrected chi connectivity index (χ1v) is 8.30. The van der Waals surface area contributed by atoms with Gasteiger partial charge in [-0.2, -0.15) is 0 Å². The van der Waals surface area contributed by atoms with Crippen LogP contribution in [0.15, 0.2) is 42.5 Å². The van der Waals surface area contributed by atoms with E-state index in [9.17, 15) is 0 Å². The van der Waals surface area contributed by atoms with E-state index in [1.54, 1.807) is 14.2 Å². The number of nitrogens with zero attached hydrogens (tertiary/aromatic N) is 2. The Kier molecular flexibility index (Phi) is 4.74. The number of aromatic nitrogens is 2. The number of imidazole rings is 1. The van der Waals surface area contributed by atoms with Gasteiger partial charge < -0.3 is 14.0 Å². The third-order valence-corrected chi connectivity index (χ3v) is 4.27. The second-order valence-corrected chi connectivity index (χ2v) is 6.20. The van der Waals surface area contributed by atoms with Crippen molar-refractivity contribution in [2.24, 2.45) is 0 Å². The average molecular weight is 324 g/mol. The number of aryl methyl sites for hydroxylation is 2. The molecule has 2 aromatic carbocycles. The van der Waals surface area contributed by atoms with E-state index in [1.807, 2.05) is 18.2 Å². The van der Waals surface area contributed by atoms with Gasteiger partial charge in [-0.25, -0.2) is 4.98 Å². The van der Waals surface area contributed by atoms with Crippen molar-refractivity contribution in [2.75, 3.05) is 14.2 Å². The third kappa shape index (κ3) is 3.09. The maximum atomic E-state index is 5.40. The van der Waals surface area contributed by atoms with Gasteiger partial charge in [0.25, 0.3) is 0 Å². The van der Waals surface area contributed by atoms with Crippen LogP contribution < -0.4 is 9.47 Å². The summed E-state index contributed by atoms with van der Waals surface area (Å²) in [5, 5.41) is 0. The molecule has 0 bridgehead atoms. The van der Waals surface area contributed by atoms with E-state index in [1.165, 1.54) is 11.1 Å². The second-order valence-electron chi connectivity index (χ2n) is 6.20. The number of hydrogen-bond donors (Lipinski definition) is 0. The minimum Gasteiger partial charge on any atom is -0.493 e. The molecule has 0 unspecified atom stereocenters. The minimum atomic E-state index is 0.391. The zero-order valence-corrected chi connectivity index (χ0v) is 14.7. The molecule has 1 heterocycles. The molecule has 3 rings (SSSR count). The largest absolute Gasteiger partial charge is 0.493 e. The number of hydrogen-bond acceptors (Lipinski definition) is 3. The maximum Gasteiger partial charge on any atom is 0.160 e. The predicted octanol–water partition coefficient (Wildman–Crippen LogP) is 4.42. The minimum absolute atomic E-state index is 0.391. The van der Waals surface area contributed by atoms with Crippen LogP contribution >= 0.6 is 0 Å². The van der Waals surface area contributed by atoms with Gasteiger partial charge in [-0.15, -0.1) is 0 Å². The quantitative estimate of drug-likeness (QED) is 0.673. The second kappa shape index (κ2) is 6.95. The summed E-state index contributed by atoms with van der Waals surface area (Å²) >= 11 is 0. The number of para-hydroxylation sites is 2. The summed E-state index contributed by atoms with van der Waals surface area (Å²) in [6, 6.07) is 14.4. The van der Waals surface area contributed by atoms with E-state index < -0.39 is 0 Å². The van der Waals surface area contributed by atoms with E-state index >= 15 is 0 Å². The standard InChI is InChI=1S/C20H24N2O2/c1-14(2)20-21-16-7-5-6-8-17(16)22(20)12-11-15-9-10-18(23-3)19(13-15)24-4/h5-10,13-14H,11-12H2,1-4H3. The number of rotatable bonds is 6. The molecule has 3 aromatic rings. The van der Waals surface area contributed by atoms with E-state index in [0.29, 0.717) is 5.92 Å². The smallest absolute Gasteiger partial charge is 0.160 e. The molecule has 0 fully saturated rings. The van der Waals surface area contributed by atoms with Crippen molar-refractivity contribution in [3.05, 3.63) is 53.9 Å². The lowest BCUT2D eigenvalue weighted by molar-refractivity contribution is 0.354. The Morgan fingerprint density at radius 2 is 1.75 bits per heavy atom. The lowest BCUT2D eigenvalue weighted by Gasteiger charge is -2.13. The summed E-state index contributed by atoms with van der Waals surface area (Å²) in [7, 11) is 3.33. The van der Waals surface area contributed by atoms with Gasteiger partial charge in [0.2, 0.25) is 0 Å². The molecule has 0 saturated heterocycles. The van der Waals surface area contributed by atoms with Crippen LogP contribution in [-0.2, 0) is 13.0 Å². The summed E-state index contributed by atoms with van der Waals surface area (Å²) in [6.45, 7) is 5.27. The summed E-state index contributed by atoms with van der Waals surface area (Å²) in [5.41, 5.74) is 3.48. The van der Waals surface area contributed by atoms with Gasteiger partial charge in [0.05, 0.1) is 25.3 Å². The molecule has 1 aromatic heterocycles. The fourth-order valence-corrected chi connectivity index (χ4v) is 3.05. The topological polar surface area (TPSA) is 36.3 Å². The van der Waals surface area contributed by atoms with E-state index in [0.717, 1.165) is 35.8 Å². The molecule has 4 heteroatoms. The molecule has 0 aliphatic carbocycles. The van der Waals surface area contributed by atoms with Crippen LogP contribution in [0.1, 0.15) is 31.2 Å². The van der Waals surface area contributed by atoms with E-state index in [4.69, 9.17) is 14.5 Å². The van der Waals surface area contributed by atoms with Gasteiger partial charge in [0.1, 0.15) is 5.82 Å². The molecule has 0 saturated carbocycles. The van der Waals surface area contributed by atoms with Gasteiger partial charge in [0, 0.05) is 12.5 Å². The highest BCUT2D eigenvalue weighted by Gasteiger charge is 2.13. The highest BCUT2D eigenvalue weighted by atomic mass is 16.5. The average Bonchev–Trinajstić information content (AvgIpc) is 2.98. The zero-order valence-electron chi connectivity index (χ0n) is 14.7. The van der Waals surface area contributed by atoms with Crippen molar-refractivity contribution in [3.63, 3.8) is 0 Å². The molecule has 0 amide bonds. The number of ether oxygens (including phenoxy) is 2. The Labute approximate surface area is 143 Å². The van der Waals surface area contributed by atoms with Crippen molar-refractivity contribution in [1.29, 1.82) is 0 Å². The molecule has 0 N–H and O–H groups in total. The Morgan fingerprint density at radius 1 is 1.00 bits per heavy atom. The Morgan fingerprint density at radius 3 is 2.46 bits per heavy atom. The number of methoxy groups -OCH3 is 2. The van der Waals surface area contributed by atoms with Crippen LogP contribution in [0.25, 0.3) is 11.0 Å². The normalized spacial score (nSPS) is 11.2. The molecule has 0 aliphatic rings. The van der Waals surface area contributed by atoms with Crippen LogP contribution in [0, 0.1) is 0 Å². The van der Waals surface area contributed by atoms with Crippen molar-refractivity contribution in [2.45, 2.75) is 32.7 Å². The van der Waals surface area contributed by atoms with E-state index in [-0.39, 0.29) is 0 Å². The van der Waals surface area contributed by atoms with Gasteiger partial charge in [-0.1, -0.05) is 32.0 Å². The van der Waals surface area contributed by atoms with Crippen LogP contribution in [0.4, 0.5) is 0 Å². The molecule has 24 heavy (non-hydrogen) atoms. The molecule has 126 valence electrons. The SMILES string of the molecule is COc1ccc(CCn2c(C(C)C)nc3ccccc32)cc1OC. The molecule has 0 radical (unpaired) electrons. The summed E-state index contributed by atoms with van der Waals surface area (Å²) < 4.78 is 13.0. The molecule has 0 spiro atoms. The van der Waals surface area contributed by atoms with Crippen molar-refractivity contribution >= 4 is 11.0 Å². The Balaban J connectivity index is 1.89. The lowest BCUT2D eigenvalue weighted by Crippen LogP contribution is -2.07.